The smallest absolute Gasteiger partial charge is 0.288 e. The molecule has 0 radical (unpaired) electrons. The maximum absolute atomic E-state index is 12.6. The summed E-state index contributed by atoms with van der Waals surface area (Å²) in [4.78, 5) is 11.5. The van der Waals surface area contributed by atoms with E-state index in [0.29, 0.717) is 11.1 Å². The van der Waals surface area contributed by atoms with E-state index in [-0.39, 0.29) is 0 Å². The molecule has 0 atom stereocenters. The highest BCUT2D eigenvalue weighted by molar-refractivity contribution is 5.96. The molecule has 1 aliphatic rings. The lowest BCUT2D eigenvalue weighted by Gasteiger charge is -2.28. The lowest BCUT2D eigenvalue weighted by molar-refractivity contribution is -0.177. The van der Waals surface area contributed by atoms with Crippen molar-refractivity contribution in [3.05, 3.63) is 22.3 Å². The summed E-state index contributed by atoms with van der Waals surface area (Å²) in [5.74, 6) is -1.67. The second-order valence-corrected chi connectivity index (χ2v) is 4.45. The van der Waals surface area contributed by atoms with Crippen molar-refractivity contribution in [1.82, 2.24) is 0 Å². The van der Waals surface area contributed by atoms with Gasteiger partial charge in [0.05, 0.1) is 5.41 Å². The van der Waals surface area contributed by atoms with E-state index in [1.54, 1.807) is 27.7 Å². The van der Waals surface area contributed by atoms with E-state index in [9.17, 15) is 18.0 Å². The minimum absolute atomic E-state index is 0.504. The van der Waals surface area contributed by atoms with Crippen LogP contribution < -0.4 is 0 Å². The molecule has 1 nitrogen and oxygen atoms in total. The van der Waals surface area contributed by atoms with Crippen LogP contribution in [0.4, 0.5) is 13.2 Å². The van der Waals surface area contributed by atoms with Gasteiger partial charge in [-0.25, -0.2) is 0 Å². The number of ketones is 1. The molecule has 0 aromatic carbocycles. The van der Waals surface area contributed by atoms with Gasteiger partial charge in [-0.15, -0.1) is 0 Å². The Labute approximate surface area is 93.0 Å². The maximum Gasteiger partial charge on any atom is 0.451 e. The van der Waals surface area contributed by atoms with Crippen LogP contribution in [0.15, 0.2) is 22.3 Å². The SMILES string of the molecule is CC1=C(C)C(C)(C(=O)C(F)(F)F)C(C)=C1C. The lowest BCUT2D eigenvalue weighted by Crippen LogP contribution is -2.39. The number of allylic oxidation sites excluding steroid dienone is 4. The average molecular weight is 232 g/mol. The summed E-state index contributed by atoms with van der Waals surface area (Å²) in [5, 5.41) is 0. The molecule has 0 aromatic heterocycles. The first-order valence-corrected chi connectivity index (χ1v) is 5.02. The van der Waals surface area contributed by atoms with Crippen molar-refractivity contribution in [3.63, 3.8) is 0 Å². The fourth-order valence-electron chi connectivity index (χ4n) is 2.22. The number of carbonyl (C=O) groups is 1. The molecule has 0 unspecified atom stereocenters. The Morgan fingerprint density at radius 2 is 1.31 bits per heavy atom. The molecule has 0 bridgehead atoms. The predicted molar refractivity (Wildman–Crippen MR) is 55.9 cm³/mol. The Kier molecular flexibility index (Phi) is 2.82. The van der Waals surface area contributed by atoms with Crippen molar-refractivity contribution in [1.29, 1.82) is 0 Å². The summed E-state index contributed by atoms with van der Waals surface area (Å²) in [7, 11) is 0. The first-order chi connectivity index (χ1) is 7.04. The summed E-state index contributed by atoms with van der Waals surface area (Å²) in [5.41, 5.74) is 1.08. The largest absolute Gasteiger partial charge is 0.451 e. The minimum atomic E-state index is -4.79. The summed E-state index contributed by atoms with van der Waals surface area (Å²) >= 11 is 0. The van der Waals surface area contributed by atoms with Crippen LogP contribution in [0.5, 0.6) is 0 Å². The second-order valence-electron chi connectivity index (χ2n) is 4.45. The standard InChI is InChI=1S/C12H15F3O/c1-6-7(2)9(4)11(5,8(6)3)10(16)12(13,14)15/h1-5H3. The zero-order valence-corrected chi connectivity index (χ0v) is 10.0. The molecule has 4 heteroatoms. The van der Waals surface area contributed by atoms with E-state index in [0.717, 1.165) is 11.1 Å². The van der Waals surface area contributed by atoms with Crippen LogP contribution in [0.2, 0.25) is 0 Å². The summed E-state index contributed by atoms with van der Waals surface area (Å²) in [6.45, 7) is 8.05. The third-order valence-electron chi connectivity index (χ3n) is 3.90. The van der Waals surface area contributed by atoms with Crippen molar-refractivity contribution >= 4 is 5.78 Å². The van der Waals surface area contributed by atoms with Gasteiger partial charge < -0.3 is 0 Å². The number of alkyl halides is 3. The summed E-state index contributed by atoms with van der Waals surface area (Å²) in [6, 6.07) is 0. The van der Waals surface area contributed by atoms with Gasteiger partial charge in [0.1, 0.15) is 0 Å². The van der Waals surface area contributed by atoms with Crippen molar-refractivity contribution < 1.29 is 18.0 Å². The Hall–Kier alpha value is -1.06. The molecule has 90 valence electrons. The van der Waals surface area contributed by atoms with Crippen LogP contribution in [0.1, 0.15) is 34.6 Å². The van der Waals surface area contributed by atoms with Crippen LogP contribution >= 0.6 is 0 Å². The number of carbonyl (C=O) groups excluding carboxylic acids is 1. The third kappa shape index (κ3) is 1.51. The van der Waals surface area contributed by atoms with Gasteiger partial charge >= 0.3 is 6.18 Å². The van der Waals surface area contributed by atoms with Gasteiger partial charge in [-0.3, -0.25) is 4.79 Å². The predicted octanol–water partition coefficient (Wildman–Crippen LogP) is 3.81. The fourth-order valence-corrected chi connectivity index (χ4v) is 2.22. The van der Waals surface area contributed by atoms with E-state index >= 15 is 0 Å². The second kappa shape index (κ2) is 3.47. The van der Waals surface area contributed by atoms with Crippen molar-refractivity contribution in [2.75, 3.05) is 0 Å². The molecule has 1 aliphatic carbocycles. The lowest BCUT2D eigenvalue weighted by atomic mass is 9.75. The van der Waals surface area contributed by atoms with Crippen LogP contribution in [0, 0.1) is 5.41 Å². The molecule has 0 aliphatic heterocycles. The highest BCUT2D eigenvalue weighted by Crippen LogP contribution is 2.49. The first-order valence-electron chi connectivity index (χ1n) is 5.02. The molecule has 0 amide bonds. The van der Waals surface area contributed by atoms with E-state index in [1.807, 2.05) is 0 Å². The van der Waals surface area contributed by atoms with Crippen LogP contribution in [-0.4, -0.2) is 12.0 Å². The molecule has 0 saturated carbocycles. The highest BCUT2D eigenvalue weighted by atomic mass is 19.4. The maximum atomic E-state index is 12.6. The molecule has 16 heavy (non-hydrogen) atoms. The molecule has 0 N–H and O–H groups in total. The average Bonchev–Trinajstić information content (AvgIpc) is 2.33. The number of halogens is 3. The molecular weight excluding hydrogens is 217 g/mol. The van der Waals surface area contributed by atoms with Crippen molar-refractivity contribution in [2.45, 2.75) is 40.8 Å². The number of hydrogen-bond acceptors (Lipinski definition) is 1. The quantitative estimate of drug-likeness (QED) is 0.671. The van der Waals surface area contributed by atoms with Crippen molar-refractivity contribution in [3.8, 4) is 0 Å². The topological polar surface area (TPSA) is 17.1 Å². The van der Waals surface area contributed by atoms with E-state index < -0.39 is 17.4 Å². The number of rotatable bonds is 1. The molecular formula is C12H15F3O. The fraction of sp³-hybridized carbons (Fsp3) is 0.583. The van der Waals surface area contributed by atoms with E-state index in [2.05, 4.69) is 0 Å². The van der Waals surface area contributed by atoms with Crippen LogP contribution in [-0.2, 0) is 4.79 Å². The van der Waals surface area contributed by atoms with Gasteiger partial charge in [0.25, 0.3) is 0 Å². The Morgan fingerprint density at radius 1 is 1.00 bits per heavy atom. The Morgan fingerprint density at radius 3 is 1.56 bits per heavy atom. The number of Topliss-reactive ketones (excluding diaryl/α,β-unsaturated/α-hetero) is 1. The summed E-state index contributed by atoms with van der Waals surface area (Å²) < 4.78 is 37.7. The molecule has 0 saturated heterocycles. The third-order valence-corrected chi connectivity index (χ3v) is 3.90. The van der Waals surface area contributed by atoms with Gasteiger partial charge in [-0.05, 0) is 45.8 Å². The molecule has 0 heterocycles. The Bertz CT molecular complexity index is 386. The Balaban J connectivity index is 3.39. The molecule has 1 rings (SSSR count). The van der Waals surface area contributed by atoms with Crippen molar-refractivity contribution in [2.24, 2.45) is 5.41 Å². The number of hydrogen-bond donors (Lipinski definition) is 0. The zero-order chi connectivity index (χ0) is 12.9. The first kappa shape index (κ1) is 13.0. The molecule has 0 aromatic rings. The molecule has 0 spiro atoms. The van der Waals surface area contributed by atoms with Gasteiger partial charge in [0, 0.05) is 0 Å². The minimum Gasteiger partial charge on any atom is -0.288 e. The van der Waals surface area contributed by atoms with Gasteiger partial charge in [0.15, 0.2) is 0 Å². The normalized spacial score (nSPS) is 20.8. The summed E-state index contributed by atoms with van der Waals surface area (Å²) in [6.07, 6.45) is -4.79. The van der Waals surface area contributed by atoms with Crippen LogP contribution in [0.3, 0.4) is 0 Å². The van der Waals surface area contributed by atoms with E-state index in [1.165, 1.54) is 6.92 Å². The van der Waals surface area contributed by atoms with Crippen LogP contribution in [0.25, 0.3) is 0 Å². The highest BCUT2D eigenvalue weighted by Gasteiger charge is 2.54. The molecule has 0 fully saturated rings. The monoisotopic (exact) mass is 232 g/mol. The zero-order valence-electron chi connectivity index (χ0n) is 10.0. The van der Waals surface area contributed by atoms with Gasteiger partial charge in [-0.2, -0.15) is 13.2 Å². The van der Waals surface area contributed by atoms with Gasteiger partial charge in [-0.1, -0.05) is 11.1 Å². The van der Waals surface area contributed by atoms with E-state index in [4.69, 9.17) is 0 Å². The van der Waals surface area contributed by atoms with Gasteiger partial charge in [0.2, 0.25) is 5.78 Å².